The Morgan fingerprint density at radius 2 is 2.14 bits per heavy atom. The first kappa shape index (κ1) is 15.1. The Balaban J connectivity index is 1.92. The fourth-order valence-corrected chi connectivity index (χ4v) is 1.96. The van der Waals surface area contributed by atoms with Crippen LogP contribution in [0.1, 0.15) is 29.8 Å². The minimum Gasteiger partial charge on any atom is -0.399 e. The summed E-state index contributed by atoms with van der Waals surface area (Å²) in [7, 11) is 0. The molecule has 112 valence electrons. The molecule has 1 amide bonds. The van der Waals surface area contributed by atoms with Gasteiger partial charge in [-0.15, -0.1) is 0 Å². The SMILES string of the molecule is Nc1cccc(-n2ccc(C(=O)NCCCCCO)n2)c1. The molecule has 0 bridgehead atoms. The molecule has 0 fully saturated rings. The van der Waals surface area contributed by atoms with Crippen molar-refractivity contribution in [2.45, 2.75) is 19.3 Å². The van der Waals surface area contributed by atoms with Gasteiger partial charge >= 0.3 is 0 Å². The van der Waals surface area contributed by atoms with Gasteiger partial charge in [0.1, 0.15) is 0 Å². The third kappa shape index (κ3) is 4.32. The molecule has 6 heteroatoms. The zero-order valence-electron chi connectivity index (χ0n) is 11.8. The molecule has 21 heavy (non-hydrogen) atoms. The van der Waals surface area contributed by atoms with E-state index in [9.17, 15) is 4.79 Å². The molecular weight excluding hydrogens is 268 g/mol. The fourth-order valence-electron chi connectivity index (χ4n) is 1.96. The van der Waals surface area contributed by atoms with E-state index in [4.69, 9.17) is 10.8 Å². The van der Waals surface area contributed by atoms with Crippen LogP contribution in [-0.4, -0.2) is 33.9 Å². The van der Waals surface area contributed by atoms with E-state index in [1.165, 1.54) is 0 Å². The van der Waals surface area contributed by atoms with Gasteiger partial charge in [-0.05, 0) is 43.5 Å². The lowest BCUT2D eigenvalue weighted by atomic mass is 10.2. The number of hydrogen-bond acceptors (Lipinski definition) is 4. The predicted octanol–water partition coefficient (Wildman–Crippen LogP) is 1.35. The predicted molar refractivity (Wildman–Crippen MR) is 81.2 cm³/mol. The van der Waals surface area contributed by atoms with Crippen LogP contribution in [0.3, 0.4) is 0 Å². The van der Waals surface area contributed by atoms with Crippen molar-refractivity contribution >= 4 is 11.6 Å². The van der Waals surface area contributed by atoms with Crippen LogP contribution < -0.4 is 11.1 Å². The normalized spacial score (nSPS) is 10.5. The zero-order chi connectivity index (χ0) is 15.1. The number of amides is 1. The first-order valence-electron chi connectivity index (χ1n) is 7.01. The maximum absolute atomic E-state index is 11.9. The molecular formula is C15H20N4O2. The molecule has 2 rings (SSSR count). The number of carbonyl (C=O) groups excluding carboxylic acids is 1. The molecule has 1 heterocycles. The van der Waals surface area contributed by atoms with Crippen molar-refractivity contribution in [3.63, 3.8) is 0 Å². The average molecular weight is 288 g/mol. The maximum Gasteiger partial charge on any atom is 0.271 e. The van der Waals surface area contributed by atoms with Gasteiger partial charge < -0.3 is 16.2 Å². The van der Waals surface area contributed by atoms with E-state index in [2.05, 4.69) is 10.4 Å². The third-order valence-corrected chi connectivity index (χ3v) is 3.08. The number of rotatable bonds is 7. The average Bonchev–Trinajstić information content (AvgIpc) is 2.97. The fraction of sp³-hybridized carbons (Fsp3) is 0.333. The highest BCUT2D eigenvalue weighted by molar-refractivity contribution is 5.92. The summed E-state index contributed by atoms with van der Waals surface area (Å²) < 4.78 is 1.62. The van der Waals surface area contributed by atoms with Gasteiger partial charge in [0.2, 0.25) is 0 Å². The monoisotopic (exact) mass is 288 g/mol. The molecule has 0 saturated carbocycles. The molecule has 0 aliphatic rings. The van der Waals surface area contributed by atoms with Gasteiger partial charge in [-0.1, -0.05) is 6.07 Å². The largest absolute Gasteiger partial charge is 0.399 e. The first-order chi connectivity index (χ1) is 10.2. The molecule has 0 aliphatic carbocycles. The van der Waals surface area contributed by atoms with Gasteiger partial charge in [0.25, 0.3) is 5.91 Å². The summed E-state index contributed by atoms with van der Waals surface area (Å²) >= 11 is 0. The number of nitrogens with two attached hydrogens (primary N) is 1. The van der Waals surface area contributed by atoms with Gasteiger partial charge in [-0.2, -0.15) is 5.10 Å². The second-order valence-electron chi connectivity index (χ2n) is 4.78. The van der Waals surface area contributed by atoms with Crippen molar-refractivity contribution in [1.29, 1.82) is 0 Å². The second-order valence-corrected chi connectivity index (χ2v) is 4.78. The van der Waals surface area contributed by atoms with Gasteiger partial charge in [0.15, 0.2) is 5.69 Å². The van der Waals surface area contributed by atoms with Gasteiger partial charge in [0.05, 0.1) is 5.69 Å². The Morgan fingerprint density at radius 3 is 2.90 bits per heavy atom. The molecule has 4 N–H and O–H groups in total. The summed E-state index contributed by atoms with van der Waals surface area (Å²) in [5.74, 6) is -0.193. The number of nitrogens with one attached hydrogen (secondary N) is 1. The summed E-state index contributed by atoms with van der Waals surface area (Å²) in [6.07, 6.45) is 4.24. The third-order valence-electron chi connectivity index (χ3n) is 3.08. The summed E-state index contributed by atoms with van der Waals surface area (Å²) in [6.45, 7) is 0.780. The van der Waals surface area contributed by atoms with E-state index in [1.807, 2.05) is 12.1 Å². The van der Waals surface area contributed by atoms with E-state index in [1.54, 1.807) is 29.1 Å². The molecule has 0 atom stereocenters. The van der Waals surface area contributed by atoms with Crippen molar-refractivity contribution in [3.05, 3.63) is 42.2 Å². The Bertz CT molecular complexity index is 595. The van der Waals surface area contributed by atoms with Crippen molar-refractivity contribution in [2.24, 2.45) is 0 Å². The first-order valence-corrected chi connectivity index (χ1v) is 7.01. The van der Waals surface area contributed by atoms with E-state index < -0.39 is 0 Å². The highest BCUT2D eigenvalue weighted by Gasteiger charge is 2.09. The smallest absolute Gasteiger partial charge is 0.271 e. The molecule has 1 aromatic heterocycles. The molecule has 0 aliphatic heterocycles. The van der Waals surface area contributed by atoms with Crippen molar-refractivity contribution < 1.29 is 9.90 Å². The Kier molecular flexibility index (Phi) is 5.34. The van der Waals surface area contributed by atoms with E-state index in [0.717, 1.165) is 24.9 Å². The standard InChI is InChI=1S/C15H20N4O2/c16-12-5-4-6-13(11-12)19-9-7-14(18-19)15(21)17-8-2-1-3-10-20/h4-7,9,11,20H,1-3,8,10,16H2,(H,17,21). The van der Waals surface area contributed by atoms with Crippen LogP contribution in [0.4, 0.5) is 5.69 Å². The highest BCUT2D eigenvalue weighted by Crippen LogP contribution is 2.11. The number of aliphatic hydroxyl groups excluding tert-OH is 1. The Labute approximate surface area is 123 Å². The van der Waals surface area contributed by atoms with E-state index in [-0.39, 0.29) is 12.5 Å². The number of carbonyl (C=O) groups is 1. The summed E-state index contributed by atoms with van der Waals surface area (Å²) in [5, 5.41) is 15.7. The quantitative estimate of drug-likeness (QED) is 0.529. The number of unbranched alkanes of at least 4 members (excludes halogenated alkanes) is 2. The Hall–Kier alpha value is -2.34. The number of nitrogens with zero attached hydrogens (tertiary/aromatic N) is 2. The zero-order valence-corrected chi connectivity index (χ0v) is 11.8. The molecule has 1 aromatic carbocycles. The van der Waals surface area contributed by atoms with E-state index >= 15 is 0 Å². The Morgan fingerprint density at radius 1 is 1.29 bits per heavy atom. The van der Waals surface area contributed by atoms with Crippen LogP contribution in [-0.2, 0) is 0 Å². The van der Waals surface area contributed by atoms with Crippen molar-refractivity contribution in [1.82, 2.24) is 15.1 Å². The van der Waals surface area contributed by atoms with Crippen LogP contribution in [0, 0.1) is 0 Å². The lowest BCUT2D eigenvalue weighted by Gasteiger charge is -2.03. The second kappa shape index (κ2) is 7.44. The van der Waals surface area contributed by atoms with Crippen LogP contribution in [0.2, 0.25) is 0 Å². The highest BCUT2D eigenvalue weighted by atomic mass is 16.2. The minimum absolute atomic E-state index is 0.193. The minimum atomic E-state index is -0.193. The van der Waals surface area contributed by atoms with Crippen molar-refractivity contribution in [3.8, 4) is 5.69 Å². The number of nitrogen functional groups attached to an aromatic ring is 1. The number of anilines is 1. The van der Waals surface area contributed by atoms with Gasteiger partial charge in [0, 0.05) is 25.0 Å². The summed E-state index contributed by atoms with van der Waals surface area (Å²) in [6, 6.07) is 8.98. The van der Waals surface area contributed by atoms with E-state index in [0.29, 0.717) is 17.9 Å². The van der Waals surface area contributed by atoms with Gasteiger partial charge in [-0.25, -0.2) is 4.68 Å². The summed E-state index contributed by atoms with van der Waals surface area (Å²) in [5.41, 5.74) is 7.57. The molecule has 0 radical (unpaired) electrons. The summed E-state index contributed by atoms with van der Waals surface area (Å²) in [4.78, 5) is 11.9. The van der Waals surface area contributed by atoms with Crippen LogP contribution >= 0.6 is 0 Å². The lowest BCUT2D eigenvalue weighted by molar-refractivity contribution is 0.0947. The maximum atomic E-state index is 11.9. The van der Waals surface area contributed by atoms with Gasteiger partial charge in [-0.3, -0.25) is 4.79 Å². The van der Waals surface area contributed by atoms with Crippen molar-refractivity contribution in [2.75, 3.05) is 18.9 Å². The van der Waals surface area contributed by atoms with Crippen LogP contribution in [0.5, 0.6) is 0 Å². The molecule has 0 unspecified atom stereocenters. The lowest BCUT2D eigenvalue weighted by Crippen LogP contribution is -2.25. The molecule has 0 saturated heterocycles. The molecule has 0 spiro atoms. The number of aromatic nitrogens is 2. The molecule has 2 aromatic rings. The number of aliphatic hydroxyl groups is 1. The topological polar surface area (TPSA) is 93.2 Å². The molecule has 6 nitrogen and oxygen atoms in total. The van der Waals surface area contributed by atoms with Crippen LogP contribution in [0.15, 0.2) is 36.5 Å². The number of hydrogen-bond donors (Lipinski definition) is 3. The van der Waals surface area contributed by atoms with Crippen LogP contribution in [0.25, 0.3) is 5.69 Å². The number of benzene rings is 1.